The van der Waals surface area contributed by atoms with Crippen LogP contribution in [-0.2, 0) is 0 Å². The Morgan fingerprint density at radius 2 is 1.89 bits per heavy atom. The molecule has 0 fully saturated rings. The number of halogens is 4. The fraction of sp³-hybridized carbons (Fsp3) is 0.500. The lowest BCUT2D eigenvalue weighted by atomic mass is 10.1. The van der Waals surface area contributed by atoms with Crippen molar-refractivity contribution in [2.75, 3.05) is 20.1 Å². The summed E-state index contributed by atoms with van der Waals surface area (Å²) in [6.45, 7) is -0.630. The molecule has 0 aliphatic carbocycles. The highest BCUT2D eigenvalue weighted by Crippen LogP contribution is 2.22. The number of aliphatic hydroxyl groups is 2. The van der Waals surface area contributed by atoms with Gasteiger partial charge in [0.2, 0.25) is 0 Å². The highest BCUT2D eigenvalue weighted by molar-refractivity contribution is 6.30. The fourth-order valence-corrected chi connectivity index (χ4v) is 1.79. The summed E-state index contributed by atoms with van der Waals surface area (Å²) in [4.78, 5) is 1.21. The van der Waals surface area contributed by atoms with E-state index in [0.29, 0.717) is 10.6 Å². The standard InChI is InChI=1S/C12H15ClF3NO2/c1-17(7-11(19)12(14,15)16)6-10(18)8-3-2-4-9(13)5-8/h2-5,10-11,18-19H,6-7H2,1H3. The zero-order valence-electron chi connectivity index (χ0n) is 10.2. The Labute approximate surface area is 114 Å². The van der Waals surface area contributed by atoms with Gasteiger partial charge in [0.05, 0.1) is 6.10 Å². The molecule has 0 amide bonds. The molecule has 0 saturated carbocycles. The number of rotatable bonds is 5. The van der Waals surface area contributed by atoms with Gasteiger partial charge in [-0.2, -0.15) is 13.2 Å². The van der Waals surface area contributed by atoms with Crippen LogP contribution in [0.3, 0.4) is 0 Å². The lowest BCUT2D eigenvalue weighted by Crippen LogP contribution is -2.40. The average Bonchev–Trinajstić information content (AvgIpc) is 2.27. The van der Waals surface area contributed by atoms with Crippen LogP contribution in [0.2, 0.25) is 5.02 Å². The largest absolute Gasteiger partial charge is 0.415 e. The van der Waals surface area contributed by atoms with Crippen molar-refractivity contribution >= 4 is 11.6 Å². The number of likely N-dealkylation sites (N-methyl/N-ethyl adjacent to an activating group) is 1. The van der Waals surface area contributed by atoms with E-state index in [1.54, 1.807) is 24.3 Å². The van der Waals surface area contributed by atoms with E-state index in [2.05, 4.69) is 0 Å². The van der Waals surface area contributed by atoms with E-state index in [-0.39, 0.29) is 6.54 Å². The summed E-state index contributed by atoms with van der Waals surface area (Å²) in [5.74, 6) is 0. The van der Waals surface area contributed by atoms with Crippen LogP contribution in [-0.4, -0.2) is 47.5 Å². The third-order valence-electron chi connectivity index (χ3n) is 2.58. The summed E-state index contributed by atoms with van der Waals surface area (Å²) in [5, 5.41) is 19.2. The van der Waals surface area contributed by atoms with Gasteiger partial charge in [0.1, 0.15) is 0 Å². The summed E-state index contributed by atoms with van der Waals surface area (Å²) in [6, 6.07) is 6.45. The maximum absolute atomic E-state index is 12.2. The van der Waals surface area contributed by atoms with Gasteiger partial charge in [-0.3, -0.25) is 0 Å². The van der Waals surface area contributed by atoms with E-state index in [1.807, 2.05) is 0 Å². The number of alkyl halides is 3. The molecule has 0 spiro atoms. The quantitative estimate of drug-likeness (QED) is 0.876. The molecule has 1 rings (SSSR count). The first-order chi connectivity index (χ1) is 8.70. The van der Waals surface area contributed by atoms with Gasteiger partial charge in [0.25, 0.3) is 0 Å². The molecule has 0 saturated heterocycles. The summed E-state index contributed by atoms with van der Waals surface area (Å²) in [7, 11) is 1.39. The SMILES string of the molecule is CN(CC(O)c1cccc(Cl)c1)CC(O)C(F)(F)F. The molecular weight excluding hydrogens is 283 g/mol. The van der Waals surface area contributed by atoms with E-state index in [9.17, 15) is 18.3 Å². The second kappa shape index (κ2) is 6.56. The molecular formula is C12H15ClF3NO2. The Balaban J connectivity index is 2.55. The maximum atomic E-state index is 12.2. The Morgan fingerprint density at radius 3 is 2.42 bits per heavy atom. The van der Waals surface area contributed by atoms with Crippen molar-refractivity contribution < 1.29 is 23.4 Å². The first-order valence-corrected chi connectivity index (χ1v) is 5.95. The lowest BCUT2D eigenvalue weighted by molar-refractivity contribution is -0.207. The van der Waals surface area contributed by atoms with E-state index >= 15 is 0 Å². The van der Waals surface area contributed by atoms with Crippen molar-refractivity contribution in [3.63, 3.8) is 0 Å². The van der Waals surface area contributed by atoms with Gasteiger partial charge in [-0.05, 0) is 24.7 Å². The molecule has 7 heteroatoms. The van der Waals surface area contributed by atoms with Crippen molar-refractivity contribution in [2.24, 2.45) is 0 Å². The topological polar surface area (TPSA) is 43.7 Å². The summed E-state index contributed by atoms with van der Waals surface area (Å²) >= 11 is 5.76. The molecule has 0 heterocycles. The van der Waals surface area contributed by atoms with E-state index < -0.39 is 24.9 Å². The first kappa shape index (κ1) is 16.2. The third kappa shape index (κ3) is 5.36. The Bertz CT molecular complexity index is 414. The Kier molecular flexibility index (Phi) is 5.61. The number of benzene rings is 1. The number of aliphatic hydroxyl groups excluding tert-OH is 2. The molecule has 0 aliphatic rings. The fourth-order valence-electron chi connectivity index (χ4n) is 1.59. The molecule has 3 nitrogen and oxygen atoms in total. The minimum absolute atomic E-state index is 0.0342. The normalized spacial score (nSPS) is 15.6. The monoisotopic (exact) mass is 297 g/mol. The number of hydrogen-bond donors (Lipinski definition) is 2. The summed E-state index contributed by atoms with van der Waals surface area (Å²) in [6.07, 6.45) is -8.05. The minimum Gasteiger partial charge on any atom is -0.387 e. The van der Waals surface area contributed by atoms with E-state index in [4.69, 9.17) is 16.7 Å². The van der Waals surface area contributed by atoms with E-state index in [1.165, 1.54) is 11.9 Å². The molecule has 19 heavy (non-hydrogen) atoms. The van der Waals surface area contributed by atoms with Crippen LogP contribution in [0.4, 0.5) is 13.2 Å². The van der Waals surface area contributed by atoms with Crippen LogP contribution in [0, 0.1) is 0 Å². The third-order valence-corrected chi connectivity index (χ3v) is 2.82. The molecule has 0 bridgehead atoms. The Morgan fingerprint density at radius 1 is 1.26 bits per heavy atom. The summed E-state index contributed by atoms with van der Waals surface area (Å²) < 4.78 is 36.5. The molecule has 0 aromatic heterocycles. The molecule has 1 aromatic carbocycles. The van der Waals surface area contributed by atoms with Gasteiger partial charge in [0.15, 0.2) is 6.10 Å². The molecule has 1 aromatic rings. The molecule has 2 N–H and O–H groups in total. The predicted octanol–water partition coefficient (Wildman–Crippen LogP) is 2.23. The van der Waals surface area contributed by atoms with Gasteiger partial charge in [-0.25, -0.2) is 0 Å². The van der Waals surface area contributed by atoms with Crippen LogP contribution in [0.15, 0.2) is 24.3 Å². The van der Waals surface area contributed by atoms with Gasteiger partial charge >= 0.3 is 6.18 Å². The average molecular weight is 298 g/mol. The zero-order chi connectivity index (χ0) is 14.6. The lowest BCUT2D eigenvalue weighted by Gasteiger charge is -2.24. The highest BCUT2D eigenvalue weighted by atomic mass is 35.5. The maximum Gasteiger partial charge on any atom is 0.415 e. The van der Waals surface area contributed by atoms with Crippen molar-refractivity contribution in [3.05, 3.63) is 34.9 Å². The molecule has 108 valence electrons. The van der Waals surface area contributed by atoms with Crippen molar-refractivity contribution in [3.8, 4) is 0 Å². The first-order valence-electron chi connectivity index (χ1n) is 5.57. The van der Waals surface area contributed by atoms with Gasteiger partial charge in [-0.15, -0.1) is 0 Å². The highest BCUT2D eigenvalue weighted by Gasteiger charge is 2.38. The smallest absolute Gasteiger partial charge is 0.387 e. The number of hydrogen-bond acceptors (Lipinski definition) is 3. The van der Waals surface area contributed by atoms with Crippen LogP contribution in [0.5, 0.6) is 0 Å². The predicted molar refractivity (Wildman–Crippen MR) is 66.0 cm³/mol. The minimum atomic E-state index is -4.66. The Hall–Kier alpha value is -0.820. The van der Waals surface area contributed by atoms with Crippen LogP contribution in [0.25, 0.3) is 0 Å². The van der Waals surface area contributed by atoms with Crippen LogP contribution < -0.4 is 0 Å². The number of nitrogens with zero attached hydrogens (tertiary/aromatic N) is 1. The van der Waals surface area contributed by atoms with Crippen LogP contribution in [0.1, 0.15) is 11.7 Å². The van der Waals surface area contributed by atoms with Gasteiger partial charge in [0, 0.05) is 18.1 Å². The molecule has 2 unspecified atom stereocenters. The zero-order valence-corrected chi connectivity index (χ0v) is 11.0. The van der Waals surface area contributed by atoms with Crippen molar-refractivity contribution in [2.45, 2.75) is 18.4 Å². The van der Waals surface area contributed by atoms with Crippen molar-refractivity contribution in [1.82, 2.24) is 4.90 Å². The molecule has 0 radical (unpaired) electrons. The van der Waals surface area contributed by atoms with Gasteiger partial charge < -0.3 is 15.1 Å². The molecule has 0 aliphatic heterocycles. The molecule has 2 atom stereocenters. The second-order valence-corrected chi connectivity index (χ2v) is 4.79. The van der Waals surface area contributed by atoms with Crippen molar-refractivity contribution in [1.29, 1.82) is 0 Å². The second-order valence-electron chi connectivity index (χ2n) is 4.35. The van der Waals surface area contributed by atoms with E-state index in [0.717, 1.165) is 0 Å². The van der Waals surface area contributed by atoms with Crippen LogP contribution >= 0.6 is 11.6 Å². The summed E-state index contributed by atoms with van der Waals surface area (Å²) in [5.41, 5.74) is 0.515. The van der Waals surface area contributed by atoms with Gasteiger partial charge in [-0.1, -0.05) is 23.7 Å².